The molecular weight excluding hydrogens is 198 g/mol. The van der Waals surface area contributed by atoms with Gasteiger partial charge in [0.05, 0.1) is 12.1 Å². The Morgan fingerprint density at radius 3 is 2.93 bits per heavy atom. The number of rotatable bonds is 4. The molecule has 0 heterocycles. The minimum Gasteiger partial charge on any atom is -0.495 e. The van der Waals surface area contributed by atoms with E-state index in [2.05, 4.69) is 6.58 Å². The van der Waals surface area contributed by atoms with E-state index in [0.717, 1.165) is 12.0 Å². The summed E-state index contributed by atoms with van der Waals surface area (Å²) in [5.41, 5.74) is 6.91. The van der Waals surface area contributed by atoms with Gasteiger partial charge in [0.25, 0.3) is 0 Å². The lowest BCUT2D eigenvalue weighted by Gasteiger charge is -2.11. The molecule has 0 aliphatic carbocycles. The van der Waals surface area contributed by atoms with Gasteiger partial charge in [0, 0.05) is 6.04 Å². The van der Waals surface area contributed by atoms with Crippen LogP contribution in [0.3, 0.4) is 0 Å². The van der Waals surface area contributed by atoms with Crippen molar-refractivity contribution < 1.29 is 4.74 Å². The van der Waals surface area contributed by atoms with Crippen molar-refractivity contribution in [2.24, 2.45) is 5.73 Å². The number of hydrogen-bond donors (Lipinski definition) is 1. The van der Waals surface area contributed by atoms with Crippen molar-refractivity contribution in [1.29, 1.82) is 0 Å². The van der Waals surface area contributed by atoms with E-state index in [0.29, 0.717) is 10.8 Å². The van der Waals surface area contributed by atoms with Crippen LogP contribution in [0.15, 0.2) is 30.9 Å². The lowest BCUT2D eigenvalue weighted by atomic mass is 10.0. The van der Waals surface area contributed by atoms with Crippen molar-refractivity contribution in [3.63, 3.8) is 0 Å². The standard InChI is InChI=1S/C11H14ClNO/c1-3-4-10(13)8-5-6-9(12)11(7-8)14-2/h3,5-7,10H,1,4,13H2,2H3/t10-/m0/s1. The molecule has 0 aliphatic rings. The molecule has 0 saturated carbocycles. The van der Waals surface area contributed by atoms with Crippen molar-refractivity contribution in [3.05, 3.63) is 41.4 Å². The molecule has 0 aromatic heterocycles. The molecule has 2 N–H and O–H groups in total. The summed E-state index contributed by atoms with van der Waals surface area (Å²) in [4.78, 5) is 0. The summed E-state index contributed by atoms with van der Waals surface area (Å²) >= 11 is 5.89. The molecule has 0 saturated heterocycles. The van der Waals surface area contributed by atoms with Crippen LogP contribution < -0.4 is 10.5 Å². The smallest absolute Gasteiger partial charge is 0.137 e. The molecule has 1 aromatic rings. The van der Waals surface area contributed by atoms with Crippen LogP contribution in [0.4, 0.5) is 0 Å². The van der Waals surface area contributed by atoms with Gasteiger partial charge < -0.3 is 10.5 Å². The summed E-state index contributed by atoms with van der Waals surface area (Å²) in [5, 5.41) is 0.599. The third-order valence-electron chi connectivity index (χ3n) is 2.02. The average Bonchev–Trinajstić information content (AvgIpc) is 2.19. The van der Waals surface area contributed by atoms with E-state index >= 15 is 0 Å². The van der Waals surface area contributed by atoms with Gasteiger partial charge in [-0.25, -0.2) is 0 Å². The Kier molecular flexibility index (Phi) is 3.98. The largest absolute Gasteiger partial charge is 0.495 e. The number of benzene rings is 1. The Morgan fingerprint density at radius 2 is 2.36 bits per heavy atom. The summed E-state index contributed by atoms with van der Waals surface area (Å²) in [5.74, 6) is 0.656. The molecule has 1 aromatic carbocycles. The third-order valence-corrected chi connectivity index (χ3v) is 2.34. The minimum atomic E-state index is -0.0429. The van der Waals surface area contributed by atoms with Crippen LogP contribution in [0.25, 0.3) is 0 Å². The Balaban J connectivity index is 2.93. The minimum absolute atomic E-state index is 0.0429. The summed E-state index contributed by atoms with van der Waals surface area (Å²) in [6.45, 7) is 3.65. The Hall–Kier alpha value is -0.990. The Labute approximate surface area is 89.3 Å². The van der Waals surface area contributed by atoms with Gasteiger partial charge in [0.1, 0.15) is 5.75 Å². The SMILES string of the molecule is C=CC[C@H](N)c1ccc(Cl)c(OC)c1. The zero-order valence-corrected chi connectivity index (χ0v) is 8.92. The molecule has 0 radical (unpaired) electrons. The van der Waals surface area contributed by atoms with Gasteiger partial charge in [-0.1, -0.05) is 23.7 Å². The molecule has 2 nitrogen and oxygen atoms in total. The average molecular weight is 212 g/mol. The van der Waals surface area contributed by atoms with Gasteiger partial charge in [-0.3, -0.25) is 0 Å². The summed E-state index contributed by atoms with van der Waals surface area (Å²) < 4.78 is 5.10. The first-order valence-electron chi connectivity index (χ1n) is 4.39. The maximum atomic E-state index is 5.91. The van der Waals surface area contributed by atoms with Crippen LogP contribution in [0.5, 0.6) is 5.75 Å². The van der Waals surface area contributed by atoms with E-state index in [1.54, 1.807) is 19.3 Å². The van der Waals surface area contributed by atoms with Crippen molar-refractivity contribution in [2.75, 3.05) is 7.11 Å². The summed E-state index contributed by atoms with van der Waals surface area (Å²) in [6.07, 6.45) is 2.54. The summed E-state index contributed by atoms with van der Waals surface area (Å²) in [6, 6.07) is 5.51. The maximum absolute atomic E-state index is 5.91. The maximum Gasteiger partial charge on any atom is 0.137 e. The van der Waals surface area contributed by atoms with E-state index in [1.807, 2.05) is 12.1 Å². The lowest BCUT2D eigenvalue weighted by molar-refractivity contribution is 0.414. The first kappa shape index (κ1) is 11.1. The number of ether oxygens (including phenoxy) is 1. The molecule has 76 valence electrons. The second kappa shape index (κ2) is 5.03. The number of hydrogen-bond acceptors (Lipinski definition) is 2. The topological polar surface area (TPSA) is 35.2 Å². The van der Waals surface area contributed by atoms with Crippen molar-refractivity contribution in [1.82, 2.24) is 0 Å². The van der Waals surface area contributed by atoms with Gasteiger partial charge in [0.15, 0.2) is 0 Å². The van der Waals surface area contributed by atoms with Crippen molar-refractivity contribution in [2.45, 2.75) is 12.5 Å². The fourth-order valence-corrected chi connectivity index (χ4v) is 1.42. The fraction of sp³-hybridized carbons (Fsp3) is 0.273. The highest BCUT2D eigenvalue weighted by Gasteiger charge is 2.07. The molecule has 1 atom stereocenters. The quantitative estimate of drug-likeness (QED) is 0.778. The normalized spacial score (nSPS) is 12.2. The fourth-order valence-electron chi connectivity index (χ4n) is 1.22. The number of nitrogens with two attached hydrogens (primary N) is 1. The molecule has 0 bridgehead atoms. The molecule has 14 heavy (non-hydrogen) atoms. The molecular formula is C11H14ClNO. The molecule has 0 spiro atoms. The van der Waals surface area contributed by atoms with E-state index in [-0.39, 0.29) is 6.04 Å². The van der Waals surface area contributed by atoms with Gasteiger partial charge >= 0.3 is 0 Å². The first-order chi connectivity index (χ1) is 6.69. The van der Waals surface area contributed by atoms with E-state index < -0.39 is 0 Å². The van der Waals surface area contributed by atoms with Gasteiger partial charge in [-0.15, -0.1) is 6.58 Å². The third kappa shape index (κ3) is 2.50. The first-order valence-corrected chi connectivity index (χ1v) is 4.76. The second-order valence-corrected chi connectivity index (χ2v) is 3.43. The number of methoxy groups -OCH3 is 1. The van der Waals surface area contributed by atoms with Crippen LogP contribution in [-0.2, 0) is 0 Å². The van der Waals surface area contributed by atoms with E-state index in [9.17, 15) is 0 Å². The van der Waals surface area contributed by atoms with Crippen LogP contribution >= 0.6 is 11.6 Å². The lowest BCUT2D eigenvalue weighted by Crippen LogP contribution is -2.08. The van der Waals surface area contributed by atoms with E-state index in [1.165, 1.54) is 0 Å². The van der Waals surface area contributed by atoms with Gasteiger partial charge in [-0.2, -0.15) is 0 Å². The van der Waals surface area contributed by atoms with Gasteiger partial charge in [-0.05, 0) is 24.1 Å². The monoisotopic (exact) mass is 211 g/mol. The second-order valence-electron chi connectivity index (χ2n) is 3.02. The van der Waals surface area contributed by atoms with Crippen LogP contribution in [0.1, 0.15) is 18.0 Å². The molecule has 3 heteroatoms. The Bertz CT molecular complexity index is 325. The zero-order valence-electron chi connectivity index (χ0n) is 8.16. The highest BCUT2D eigenvalue weighted by Crippen LogP contribution is 2.27. The highest BCUT2D eigenvalue weighted by atomic mass is 35.5. The van der Waals surface area contributed by atoms with Gasteiger partial charge in [0.2, 0.25) is 0 Å². The predicted octanol–water partition coefficient (Wildman–Crippen LogP) is 2.92. The molecule has 0 fully saturated rings. The van der Waals surface area contributed by atoms with Crippen molar-refractivity contribution >= 4 is 11.6 Å². The van der Waals surface area contributed by atoms with E-state index in [4.69, 9.17) is 22.1 Å². The highest BCUT2D eigenvalue weighted by molar-refractivity contribution is 6.32. The molecule has 1 rings (SSSR count). The van der Waals surface area contributed by atoms with Crippen LogP contribution in [-0.4, -0.2) is 7.11 Å². The predicted molar refractivity (Wildman–Crippen MR) is 59.7 cm³/mol. The number of halogens is 1. The Morgan fingerprint density at radius 1 is 1.64 bits per heavy atom. The molecule has 0 amide bonds. The van der Waals surface area contributed by atoms with Crippen LogP contribution in [0.2, 0.25) is 5.02 Å². The van der Waals surface area contributed by atoms with Crippen LogP contribution in [0, 0.1) is 0 Å². The zero-order chi connectivity index (χ0) is 10.6. The summed E-state index contributed by atoms with van der Waals surface area (Å²) in [7, 11) is 1.59. The molecule has 0 aliphatic heterocycles. The molecule has 0 unspecified atom stereocenters. The van der Waals surface area contributed by atoms with Crippen molar-refractivity contribution in [3.8, 4) is 5.75 Å².